The van der Waals surface area contributed by atoms with Gasteiger partial charge in [-0.2, -0.15) is 4.98 Å². The van der Waals surface area contributed by atoms with Crippen LogP contribution < -0.4 is 10.2 Å². The first-order valence-electron chi connectivity index (χ1n) is 9.44. The quantitative estimate of drug-likeness (QED) is 0.859. The van der Waals surface area contributed by atoms with Crippen LogP contribution in [0.3, 0.4) is 0 Å². The summed E-state index contributed by atoms with van der Waals surface area (Å²) in [7, 11) is 0. The molecule has 1 aromatic heterocycles. The van der Waals surface area contributed by atoms with Gasteiger partial charge in [-0.05, 0) is 39.0 Å². The van der Waals surface area contributed by atoms with Crippen LogP contribution in [0.25, 0.3) is 0 Å². The van der Waals surface area contributed by atoms with Crippen molar-refractivity contribution < 1.29 is 13.7 Å². The molecule has 1 N–H and O–H groups in total. The van der Waals surface area contributed by atoms with Crippen LogP contribution in [0, 0.1) is 5.82 Å². The standard InChI is InChI=1S/C20H29FN4O2/c1-12-10-25(11-13(2)26-12)17-8-7-15(9-16(17)21)22-14(3)18-23-19(24-27-18)20(4,5)6/h7-9,12-14,22H,10-11H2,1-6H3/t12-,13+,14-/m1/s1. The number of ether oxygens (including phenoxy) is 1. The lowest BCUT2D eigenvalue weighted by molar-refractivity contribution is -0.00539. The lowest BCUT2D eigenvalue weighted by atomic mass is 9.96. The lowest BCUT2D eigenvalue weighted by Gasteiger charge is -2.37. The molecule has 0 amide bonds. The minimum Gasteiger partial charge on any atom is -0.374 e. The second-order valence-electron chi connectivity index (χ2n) is 8.40. The average Bonchev–Trinajstić information content (AvgIpc) is 3.04. The highest BCUT2D eigenvalue weighted by Crippen LogP contribution is 2.28. The molecule has 1 aromatic carbocycles. The van der Waals surface area contributed by atoms with Crippen molar-refractivity contribution in [1.82, 2.24) is 10.1 Å². The third-order valence-electron chi connectivity index (χ3n) is 4.57. The number of benzene rings is 1. The number of aromatic nitrogens is 2. The Kier molecular flexibility index (Phi) is 5.42. The SMILES string of the molecule is C[C@@H]1CN(c2ccc(N[C@H](C)c3nc(C(C)(C)C)no3)cc2F)C[C@H](C)O1. The van der Waals surface area contributed by atoms with Crippen molar-refractivity contribution in [2.24, 2.45) is 0 Å². The number of morpholine rings is 1. The number of rotatable bonds is 4. The molecule has 0 spiro atoms. The molecule has 0 unspecified atom stereocenters. The van der Waals surface area contributed by atoms with Crippen molar-refractivity contribution in [2.45, 2.75) is 65.2 Å². The lowest BCUT2D eigenvalue weighted by Crippen LogP contribution is -2.45. The molecule has 1 aliphatic heterocycles. The highest BCUT2D eigenvalue weighted by molar-refractivity contribution is 5.57. The van der Waals surface area contributed by atoms with Crippen molar-refractivity contribution in [2.75, 3.05) is 23.3 Å². The molecule has 0 bridgehead atoms. The van der Waals surface area contributed by atoms with Crippen molar-refractivity contribution >= 4 is 11.4 Å². The first-order valence-corrected chi connectivity index (χ1v) is 9.44. The second-order valence-corrected chi connectivity index (χ2v) is 8.40. The molecule has 6 nitrogen and oxygen atoms in total. The normalized spacial score (nSPS) is 22.0. The van der Waals surface area contributed by atoms with E-state index in [0.29, 0.717) is 36.2 Å². The first-order chi connectivity index (χ1) is 12.6. The topological polar surface area (TPSA) is 63.4 Å². The molecule has 2 aromatic rings. The Balaban J connectivity index is 1.71. The van der Waals surface area contributed by atoms with Crippen LogP contribution in [-0.2, 0) is 10.2 Å². The maximum Gasteiger partial charge on any atom is 0.248 e. The van der Waals surface area contributed by atoms with Crippen LogP contribution in [0.5, 0.6) is 0 Å². The summed E-state index contributed by atoms with van der Waals surface area (Å²) in [5, 5.41) is 7.27. The summed E-state index contributed by atoms with van der Waals surface area (Å²) in [6, 6.07) is 4.98. The van der Waals surface area contributed by atoms with E-state index in [-0.39, 0.29) is 29.5 Å². The van der Waals surface area contributed by atoms with Gasteiger partial charge in [-0.1, -0.05) is 25.9 Å². The Morgan fingerprint density at radius 3 is 2.44 bits per heavy atom. The van der Waals surface area contributed by atoms with Gasteiger partial charge in [0.25, 0.3) is 0 Å². The van der Waals surface area contributed by atoms with Crippen molar-refractivity contribution in [3.05, 3.63) is 35.7 Å². The molecule has 7 heteroatoms. The van der Waals surface area contributed by atoms with Gasteiger partial charge in [-0.25, -0.2) is 4.39 Å². The molecule has 1 aliphatic rings. The van der Waals surface area contributed by atoms with E-state index in [0.717, 1.165) is 0 Å². The zero-order chi connectivity index (χ0) is 19.8. The molecule has 2 heterocycles. The largest absolute Gasteiger partial charge is 0.374 e. The zero-order valence-corrected chi connectivity index (χ0v) is 16.9. The Morgan fingerprint density at radius 2 is 1.89 bits per heavy atom. The van der Waals surface area contributed by atoms with E-state index in [2.05, 4.69) is 15.5 Å². The first kappa shape index (κ1) is 19.6. The molecule has 1 saturated heterocycles. The van der Waals surface area contributed by atoms with Crippen LogP contribution >= 0.6 is 0 Å². The summed E-state index contributed by atoms with van der Waals surface area (Å²) >= 11 is 0. The fraction of sp³-hybridized carbons (Fsp3) is 0.600. The van der Waals surface area contributed by atoms with Crippen LogP contribution in [0.2, 0.25) is 0 Å². The van der Waals surface area contributed by atoms with Crippen LogP contribution in [0.4, 0.5) is 15.8 Å². The molecule has 148 valence electrons. The molecular weight excluding hydrogens is 347 g/mol. The maximum atomic E-state index is 14.7. The van der Waals surface area contributed by atoms with Crippen LogP contribution in [0.1, 0.15) is 59.3 Å². The number of nitrogens with one attached hydrogen (secondary N) is 1. The van der Waals surface area contributed by atoms with Crippen LogP contribution in [0.15, 0.2) is 22.7 Å². The molecule has 27 heavy (non-hydrogen) atoms. The molecule has 3 atom stereocenters. The van der Waals surface area contributed by atoms with Crippen molar-refractivity contribution in [3.63, 3.8) is 0 Å². The Morgan fingerprint density at radius 1 is 1.22 bits per heavy atom. The van der Waals surface area contributed by atoms with Gasteiger partial charge in [-0.3, -0.25) is 0 Å². The summed E-state index contributed by atoms with van der Waals surface area (Å²) < 4.78 is 25.8. The van der Waals surface area contributed by atoms with E-state index in [1.165, 1.54) is 6.07 Å². The van der Waals surface area contributed by atoms with Gasteiger partial charge in [-0.15, -0.1) is 0 Å². The number of hydrogen-bond acceptors (Lipinski definition) is 6. The predicted octanol–water partition coefficient (Wildman–Crippen LogP) is 4.29. The van der Waals surface area contributed by atoms with Gasteiger partial charge in [0.15, 0.2) is 5.82 Å². The Labute approximate surface area is 160 Å². The fourth-order valence-corrected chi connectivity index (χ4v) is 3.26. The smallest absolute Gasteiger partial charge is 0.248 e. The Hall–Kier alpha value is -2.15. The minimum atomic E-state index is -0.255. The zero-order valence-electron chi connectivity index (χ0n) is 16.9. The summed E-state index contributed by atoms with van der Waals surface area (Å²) in [4.78, 5) is 6.49. The minimum absolute atomic E-state index is 0.0838. The van der Waals surface area contributed by atoms with E-state index in [1.807, 2.05) is 58.6 Å². The highest BCUT2D eigenvalue weighted by atomic mass is 19.1. The van der Waals surface area contributed by atoms with E-state index >= 15 is 0 Å². The molecular formula is C20H29FN4O2. The summed E-state index contributed by atoms with van der Waals surface area (Å²) in [6.45, 7) is 13.4. The van der Waals surface area contributed by atoms with E-state index in [9.17, 15) is 4.39 Å². The maximum absolute atomic E-state index is 14.7. The number of anilines is 2. The van der Waals surface area contributed by atoms with Gasteiger partial charge >= 0.3 is 0 Å². The number of nitrogens with zero attached hydrogens (tertiary/aromatic N) is 3. The molecule has 0 aliphatic carbocycles. The molecule has 0 saturated carbocycles. The van der Waals surface area contributed by atoms with Gasteiger partial charge in [0.2, 0.25) is 5.89 Å². The molecule has 1 fully saturated rings. The van der Waals surface area contributed by atoms with Crippen molar-refractivity contribution in [1.29, 1.82) is 0 Å². The van der Waals surface area contributed by atoms with Gasteiger partial charge in [0, 0.05) is 24.2 Å². The molecule has 0 radical (unpaired) electrons. The summed E-state index contributed by atoms with van der Waals surface area (Å²) in [5.74, 6) is 0.887. The summed E-state index contributed by atoms with van der Waals surface area (Å²) in [5.41, 5.74) is 1.10. The fourth-order valence-electron chi connectivity index (χ4n) is 3.26. The van der Waals surface area contributed by atoms with E-state index in [1.54, 1.807) is 0 Å². The molecule has 3 rings (SSSR count). The third kappa shape index (κ3) is 4.58. The Bertz CT molecular complexity index is 777. The van der Waals surface area contributed by atoms with E-state index < -0.39 is 0 Å². The van der Waals surface area contributed by atoms with Gasteiger partial charge < -0.3 is 19.5 Å². The van der Waals surface area contributed by atoms with E-state index in [4.69, 9.17) is 9.26 Å². The number of halogens is 1. The van der Waals surface area contributed by atoms with Gasteiger partial charge in [0.1, 0.15) is 11.9 Å². The summed E-state index contributed by atoms with van der Waals surface area (Å²) in [6.07, 6.45) is 0.168. The van der Waals surface area contributed by atoms with Gasteiger partial charge in [0.05, 0.1) is 17.9 Å². The second kappa shape index (κ2) is 7.46. The monoisotopic (exact) mass is 376 g/mol. The highest BCUT2D eigenvalue weighted by Gasteiger charge is 2.25. The van der Waals surface area contributed by atoms with Crippen molar-refractivity contribution in [3.8, 4) is 0 Å². The number of hydrogen-bond donors (Lipinski definition) is 1. The third-order valence-corrected chi connectivity index (χ3v) is 4.57. The predicted molar refractivity (Wildman–Crippen MR) is 104 cm³/mol. The average molecular weight is 376 g/mol. The van der Waals surface area contributed by atoms with Crippen LogP contribution in [-0.4, -0.2) is 35.4 Å².